The van der Waals surface area contributed by atoms with Gasteiger partial charge in [-0.1, -0.05) is 30.3 Å². The Labute approximate surface area is 146 Å². The number of anilines is 1. The van der Waals surface area contributed by atoms with Gasteiger partial charge in [0.15, 0.2) is 5.78 Å². The summed E-state index contributed by atoms with van der Waals surface area (Å²) in [6.45, 7) is 5.05. The maximum absolute atomic E-state index is 12.6. The van der Waals surface area contributed by atoms with Crippen LogP contribution < -0.4 is 4.90 Å². The average molecular weight is 340 g/mol. The summed E-state index contributed by atoms with van der Waals surface area (Å²) < 4.78 is 5.69. The van der Waals surface area contributed by atoms with Crippen molar-refractivity contribution in [2.75, 3.05) is 18.0 Å². The highest BCUT2D eigenvalue weighted by molar-refractivity contribution is 6.09. The lowest BCUT2D eigenvalue weighted by Gasteiger charge is -2.36. The van der Waals surface area contributed by atoms with Crippen LogP contribution in [0.2, 0.25) is 0 Å². The number of nitro benzene ring substituents is 1. The van der Waals surface area contributed by atoms with Crippen LogP contribution >= 0.6 is 0 Å². The van der Waals surface area contributed by atoms with E-state index in [1.165, 1.54) is 6.07 Å². The fraction of sp³-hybridized carbons (Fsp3) is 0.316. The van der Waals surface area contributed by atoms with Crippen LogP contribution in [0.1, 0.15) is 29.8 Å². The minimum absolute atomic E-state index is 0.00557. The molecule has 2 aromatic rings. The van der Waals surface area contributed by atoms with E-state index < -0.39 is 4.92 Å². The number of carbonyl (C=O) groups excluding carboxylic acids is 1. The van der Waals surface area contributed by atoms with Gasteiger partial charge in [-0.05, 0) is 26.0 Å². The van der Waals surface area contributed by atoms with Crippen LogP contribution in [-0.2, 0) is 4.74 Å². The van der Waals surface area contributed by atoms with Gasteiger partial charge >= 0.3 is 0 Å². The zero-order valence-corrected chi connectivity index (χ0v) is 14.2. The fourth-order valence-corrected chi connectivity index (χ4v) is 3.21. The molecule has 0 radical (unpaired) electrons. The van der Waals surface area contributed by atoms with E-state index in [0.29, 0.717) is 29.9 Å². The van der Waals surface area contributed by atoms with E-state index in [-0.39, 0.29) is 23.7 Å². The number of hydrogen-bond donors (Lipinski definition) is 0. The maximum atomic E-state index is 12.6. The van der Waals surface area contributed by atoms with Crippen molar-refractivity contribution in [1.29, 1.82) is 0 Å². The summed E-state index contributed by atoms with van der Waals surface area (Å²) in [5.41, 5.74) is 1.30. The van der Waals surface area contributed by atoms with E-state index in [9.17, 15) is 14.9 Å². The molecule has 1 heterocycles. The first kappa shape index (κ1) is 17.1. The van der Waals surface area contributed by atoms with Gasteiger partial charge in [-0.3, -0.25) is 14.9 Å². The topological polar surface area (TPSA) is 72.7 Å². The van der Waals surface area contributed by atoms with Gasteiger partial charge in [0.1, 0.15) is 5.69 Å². The Bertz CT molecular complexity index is 781. The molecule has 1 aliphatic rings. The molecular formula is C19H20N2O4. The normalized spacial score (nSPS) is 20.3. The Hall–Kier alpha value is -2.73. The smallest absolute Gasteiger partial charge is 0.293 e. The van der Waals surface area contributed by atoms with Crippen LogP contribution in [0.25, 0.3) is 0 Å². The summed E-state index contributed by atoms with van der Waals surface area (Å²) in [6, 6.07) is 13.5. The highest BCUT2D eigenvalue weighted by atomic mass is 16.6. The molecule has 0 N–H and O–H groups in total. The number of nitro groups is 1. The first-order valence-corrected chi connectivity index (χ1v) is 8.24. The maximum Gasteiger partial charge on any atom is 0.293 e. The minimum atomic E-state index is -0.429. The van der Waals surface area contributed by atoms with Gasteiger partial charge in [-0.25, -0.2) is 0 Å². The number of nitrogens with zero attached hydrogens (tertiary/aromatic N) is 2. The van der Waals surface area contributed by atoms with Crippen LogP contribution in [0, 0.1) is 10.1 Å². The Morgan fingerprint density at radius 3 is 2.32 bits per heavy atom. The van der Waals surface area contributed by atoms with Crippen molar-refractivity contribution in [3.63, 3.8) is 0 Å². The van der Waals surface area contributed by atoms with Crippen molar-refractivity contribution in [2.45, 2.75) is 26.1 Å². The second kappa shape index (κ2) is 7.03. The Morgan fingerprint density at radius 2 is 1.72 bits per heavy atom. The third kappa shape index (κ3) is 3.69. The molecule has 6 nitrogen and oxygen atoms in total. The van der Waals surface area contributed by atoms with Crippen molar-refractivity contribution in [3.8, 4) is 0 Å². The van der Waals surface area contributed by atoms with Gasteiger partial charge in [0.05, 0.1) is 17.1 Å². The third-order valence-corrected chi connectivity index (χ3v) is 4.23. The molecule has 1 aliphatic heterocycles. The van der Waals surface area contributed by atoms with Crippen LogP contribution in [0.3, 0.4) is 0 Å². The molecule has 1 saturated heterocycles. The molecule has 2 aromatic carbocycles. The van der Waals surface area contributed by atoms with Crippen molar-refractivity contribution >= 4 is 17.2 Å². The average Bonchev–Trinajstić information content (AvgIpc) is 2.60. The Morgan fingerprint density at radius 1 is 1.08 bits per heavy atom. The lowest BCUT2D eigenvalue weighted by atomic mass is 10.0. The summed E-state index contributed by atoms with van der Waals surface area (Å²) in [4.78, 5) is 25.7. The van der Waals surface area contributed by atoms with E-state index >= 15 is 0 Å². The largest absolute Gasteiger partial charge is 0.372 e. The molecule has 2 atom stereocenters. The Balaban J connectivity index is 1.96. The molecule has 0 bridgehead atoms. The number of ketones is 1. The van der Waals surface area contributed by atoms with Gasteiger partial charge in [-0.2, -0.15) is 0 Å². The van der Waals surface area contributed by atoms with E-state index in [2.05, 4.69) is 0 Å². The lowest BCUT2D eigenvalue weighted by Crippen LogP contribution is -2.45. The number of rotatable bonds is 4. The highest BCUT2D eigenvalue weighted by Crippen LogP contribution is 2.32. The summed E-state index contributed by atoms with van der Waals surface area (Å²) in [6.07, 6.45) is -0.0111. The molecular weight excluding hydrogens is 320 g/mol. The molecule has 3 rings (SSSR count). The number of morpholine rings is 1. The zero-order valence-electron chi connectivity index (χ0n) is 14.2. The van der Waals surface area contributed by atoms with Crippen molar-refractivity contribution in [2.24, 2.45) is 0 Å². The first-order chi connectivity index (χ1) is 12.0. The van der Waals surface area contributed by atoms with E-state index in [0.717, 1.165) is 0 Å². The molecule has 25 heavy (non-hydrogen) atoms. The number of hydrogen-bond acceptors (Lipinski definition) is 5. The summed E-state index contributed by atoms with van der Waals surface area (Å²) in [7, 11) is 0. The second-order valence-electron chi connectivity index (χ2n) is 6.32. The molecule has 0 saturated carbocycles. The van der Waals surface area contributed by atoms with E-state index in [1.807, 2.05) is 24.8 Å². The second-order valence-corrected chi connectivity index (χ2v) is 6.32. The predicted octanol–water partition coefficient (Wildman–Crippen LogP) is 3.44. The summed E-state index contributed by atoms with van der Waals surface area (Å²) in [5.74, 6) is -0.223. The summed E-state index contributed by atoms with van der Waals surface area (Å²) >= 11 is 0. The van der Waals surface area contributed by atoms with Gasteiger partial charge in [0.25, 0.3) is 5.69 Å². The third-order valence-electron chi connectivity index (χ3n) is 4.23. The van der Waals surface area contributed by atoms with Crippen molar-refractivity contribution < 1.29 is 14.5 Å². The minimum Gasteiger partial charge on any atom is -0.372 e. The van der Waals surface area contributed by atoms with Gasteiger partial charge in [0, 0.05) is 30.3 Å². The molecule has 1 fully saturated rings. The first-order valence-electron chi connectivity index (χ1n) is 8.24. The molecule has 130 valence electrons. The molecule has 6 heteroatoms. The van der Waals surface area contributed by atoms with Crippen LogP contribution in [-0.4, -0.2) is 36.0 Å². The standard InChI is InChI=1S/C19H20N2O4/c1-13-11-20(12-14(2)25-13)17-9-8-16(10-18(17)21(23)24)19(22)15-6-4-3-5-7-15/h3-10,13-14H,11-12H2,1-2H3. The SMILES string of the molecule is CC1CN(c2ccc(C(=O)c3ccccc3)cc2[N+](=O)[O-])CC(C)O1. The van der Waals surface area contributed by atoms with Crippen LogP contribution in [0.4, 0.5) is 11.4 Å². The monoisotopic (exact) mass is 340 g/mol. The molecule has 0 aromatic heterocycles. The lowest BCUT2D eigenvalue weighted by molar-refractivity contribution is -0.384. The van der Waals surface area contributed by atoms with Gasteiger partial charge in [-0.15, -0.1) is 0 Å². The predicted molar refractivity (Wildman–Crippen MR) is 95.2 cm³/mol. The van der Waals surface area contributed by atoms with Crippen LogP contribution in [0.5, 0.6) is 0 Å². The van der Waals surface area contributed by atoms with Gasteiger partial charge < -0.3 is 9.64 Å². The molecule has 0 spiro atoms. The highest BCUT2D eigenvalue weighted by Gasteiger charge is 2.28. The number of carbonyl (C=O) groups is 1. The molecule has 0 amide bonds. The van der Waals surface area contributed by atoms with Crippen LogP contribution in [0.15, 0.2) is 48.5 Å². The number of benzene rings is 2. The van der Waals surface area contributed by atoms with E-state index in [1.54, 1.807) is 36.4 Å². The summed E-state index contributed by atoms with van der Waals surface area (Å²) in [5, 5.41) is 11.6. The van der Waals surface area contributed by atoms with E-state index in [4.69, 9.17) is 4.74 Å². The number of ether oxygens (including phenoxy) is 1. The molecule has 2 unspecified atom stereocenters. The Kier molecular flexibility index (Phi) is 4.81. The quantitative estimate of drug-likeness (QED) is 0.484. The van der Waals surface area contributed by atoms with Crippen molar-refractivity contribution in [3.05, 3.63) is 69.8 Å². The fourth-order valence-electron chi connectivity index (χ4n) is 3.21. The van der Waals surface area contributed by atoms with Gasteiger partial charge in [0.2, 0.25) is 0 Å². The molecule has 0 aliphatic carbocycles. The van der Waals surface area contributed by atoms with Crippen molar-refractivity contribution in [1.82, 2.24) is 0 Å². The zero-order chi connectivity index (χ0) is 18.0.